The Hall–Kier alpha value is -3.80. The van der Waals surface area contributed by atoms with E-state index in [0.717, 1.165) is 67.5 Å². The van der Waals surface area contributed by atoms with Crippen LogP contribution in [0.1, 0.15) is 54.7 Å². The van der Waals surface area contributed by atoms with Crippen molar-refractivity contribution in [2.45, 2.75) is 59.7 Å². The first-order valence-corrected chi connectivity index (χ1v) is 14.0. The average molecular weight is 533 g/mol. The Labute approximate surface area is 235 Å². The van der Waals surface area contributed by atoms with E-state index in [4.69, 9.17) is 19.4 Å². The number of ether oxygens (including phenoxy) is 2. The van der Waals surface area contributed by atoms with E-state index in [2.05, 4.69) is 75.4 Å². The van der Waals surface area contributed by atoms with Crippen LogP contribution in [0.3, 0.4) is 0 Å². The number of aliphatic hydroxyl groups excluding tert-OH is 1. The van der Waals surface area contributed by atoms with E-state index in [1.165, 1.54) is 16.7 Å². The van der Waals surface area contributed by atoms with Crippen LogP contribution in [0.2, 0.25) is 0 Å². The summed E-state index contributed by atoms with van der Waals surface area (Å²) in [6, 6.07) is 19.0. The van der Waals surface area contributed by atoms with E-state index < -0.39 is 11.7 Å². The second-order valence-corrected chi connectivity index (χ2v) is 11.8. The highest BCUT2D eigenvalue weighted by atomic mass is 16.5. The molecule has 1 aliphatic rings. The van der Waals surface area contributed by atoms with Crippen LogP contribution < -0.4 is 4.74 Å². The number of pyridine rings is 2. The van der Waals surface area contributed by atoms with Crippen LogP contribution in [-0.2, 0) is 11.2 Å². The van der Waals surface area contributed by atoms with Gasteiger partial charge in [0, 0.05) is 34.5 Å². The molecule has 0 amide bonds. The molecule has 0 fully saturated rings. The zero-order chi connectivity index (χ0) is 28.2. The van der Waals surface area contributed by atoms with Gasteiger partial charge in [-0.3, -0.25) is 4.98 Å². The zero-order valence-corrected chi connectivity index (χ0v) is 24.1. The molecule has 3 heterocycles. The molecule has 3 aromatic carbocycles. The monoisotopic (exact) mass is 532 g/mol. The van der Waals surface area contributed by atoms with E-state index in [1.54, 1.807) is 0 Å². The topological polar surface area (TPSA) is 64.5 Å². The molecular formula is C35H36N2O3. The normalized spacial score (nSPS) is 14.0. The lowest BCUT2D eigenvalue weighted by Crippen LogP contribution is -2.25. The van der Waals surface area contributed by atoms with Crippen LogP contribution in [0.4, 0.5) is 0 Å². The number of aryl methyl sites for hydroxylation is 3. The lowest BCUT2D eigenvalue weighted by Gasteiger charge is -2.30. The number of hydrogen-bond acceptors (Lipinski definition) is 5. The van der Waals surface area contributed by atoms with Crippen LogP contribution in [0, 0.1) is 20.8 Å². The van der Waals surface area contributed by atoms with Gasteiger partial charge < -0.3 is 14.6 Å². The molecule has 0 unspecified atom stereocenters. The molecule has 0 aliphatic carbocycles. The van der Waals surface area contributed by atoms with Gasteiger partial charge in [-0.15, -0.1) is 0 Å². The maximum absolute atomic E-state index is 10.6. The van der Waals surface area contributed by atoms with Crippen molar-refractivity contribution in [1.82, 2.24) is 9.97 Å². The molecule has 6 rings (SSSR count). The van der Waals surface area contributed by atoms with Gasteiger partial charge in [0.05, 0.1) is 35.5 Å². The molecule has 5 aromatic rings. The third-order valence-corrected chi connectivity index (χ3v) is 7.80. The van der Waals surface area contributed by atoms with Crippen LogP contribution in [0.25, 0.3) is 44.2 Å². The summed E-state index contributed by atoms with van der Waals surface area (Å²) in [5.41, 5.74) is 11.1. The fourth-order valence-electron chi connectivity index (χ4n) is 6.20. The molecule has 0 bridgehead atoms. The van der Waals surface area contributed by atoms with Crippen molar-refractivity contribution < 1.29 is 14.6 Å². The molecule has 1 N–H and O–H groups in total. The standard InChI is InChI=1S/C35H36N2O3/c1-20-8-7-9-21(2)30(20)26-12-10-24-27(37-26)18-22(3)31(29(19-38)40-35(4,5)6)33(24)25-11-13-28-32-23(15-17-39-28)14-16-36-34(25)32/h7-14,16,18,29,38H,15,17,19H2,1-6H3/t29-/m1/s1. The van der Waals surface area contributed by atoms with Gasteiger partial charge in [-0.05, 0) is 105 Å². The lowest BCUT2D eigenvalue weighted by atomic mass is 9.86. The zero-order valence-electron chi connectivity index (χ0n) is 24.1. The van der Waals surface area contributed by atoms with Crippen LogP contribution in [0.15, 0.2) is 60.8 Å². The summed E-state index contributed by atoms with van der Waals surface area (Å²) in [6.45, 7) is 12.9. The van der Waals surface area contributed by atoms with Crippen molar-refractivity contribution in [2.75, 3.05) is 13.2 Å². The maximum atomic E-state index is 10.6. The number of aromatic nitrogens is 2. The minimum atomic E-state index is -0.514. The van der Waals surface area contributed by atoms with Gasteiger partial charge in [-0.1, -0.05) is 24.3 Å². The Morgan fingerprint density at radius 2 is 1.73 bits per heavy atom. The van der Waals surface area contributed by atoms with E-state index in [1.807, 2.05) is 27.0 Å². The third-order valence-electron chi connectivity index (χ3n) is 7.80. The predicted molar refractivity (Wildman–Crippen MR) is 162 cm³/mol. The second-order valence-electron chi connectivity index (χ2n) is 11.8. The smallest absolute Gasteiger partial charge is 0.129 e. The number of aliphatic hydroxyl groups is 1. The Bertz CT molecular complexity index is 1740. The fraction of sp³-hybridized carbons (Fsp3) is 0.314. The molecule has 5 nitrogen and oxygen atoms in total. The fourth-order valence-corrected chi connectivity index (χ4v) is 6.20. The molecular weight excluding hydrogens is 496 g/mol. The number of rotatable bonds is 5. The summed E-state index contributed by atoms with van der Waals surface area (Å²) in [7, 11) is 0. The summed E-state index contributed by atoms with van der Waals surface area (Å²) < 4.78 is 12.5. The van der Waals surface area contributed by atoms with Crippen LogP contribution in [0.5, 0.6) is 5.75 Å². The van der Waals surface area contributed by atoms with Gasteiger partial charge in [-0.25, -0.2) is 4.98 Å². The molecule has 40 heavy (non-hydrogen) atoms. The minimum Gasteiger partial charge on any atom is -0.493 e. The van der Waals surface area contributed by atoms with Crippen LogP contribution >= 0.6 is 0 Å². The van der Waals surface area contributed by atoms with Crippen molar-refractivity contribution in [3.63, 3.8) is 0 Å². The summed E-state index contributed by atoms with van der Waals surface area (Å²) in [5, 5.41) is 12.7. The molecule has 2 aromatic heterocycles. The SMILES string of the molecule is Cc1cccc(C)c1-c1ccc2c(-c3ccc4c5c(ccnc35)CCO4)c([C@@H](CO)OC(C)(C)C)c(C)cc2n1. The van der Waals surface area contributed by atoms with E-state index in [-0.39, 0.29) is 6.61 Å². The maximum Gasteiger partial charge on any atom is 0.129 e. The molecule has 0 radical (unpaired) electrons. The second kappa shape index (κ2) is 9.99. The highest BCUT2D eigenvalue weighted by Gasteiger charge is 2.28. The molecule has 0 spiro atoms. The number of benzene rings is 3. The van der Waals surface area contributed by atoms with Crippen molar-refractivity contribution in [2.24, 2.45) is 0 Å². The molecule has 0 saturated carbocycles. The van der Waals surface area contributed by atoms with Gasteiger partial charge in [0.1, 0.15) is 11.9 Å². The highest BCUT2D eigenvalue weighted by molar-refractivity contribution is 6.07. The number of nitrogens with zero attached hydrogens (tertiary/aromatic N) is 2. The molecule has 1 aliphatic heterocycles. The Morgan fingerprint density at radius 1 is 0.950 bits per heavy atom. The third kappa shape index (κ3) is 4.53. The van der Waals surface area contributed by atoms with E-state index in [0.29, 0.717) is 6.61 Å². The van der Waals surface area contributed by atoms with Gasteiger partial charge in [0.15, 0.2) is 0 Å². The Balaban J connectivity index is 1.69. The van der Waals surface area contributed by atoms with Gasteiger partial charge in [0.2, 0.25) is 0 Å². The highest BCUT2D eigenvalue weighted by Crippen LogP contribution is 2.45. The number of hydrogen-bond donors (Lipinski definition) is 1. The van der Waals surface area contributed by atoms with Gasteiger partial charge in [0.25, 0.3) is 0 Å². The lowest BCUT2D eigenvalue weighted by molar-refractivity contribution is -0.0821. The Kier molecular flexibility index (Phi) is 6.60. The first-order chi connectivity index (χ1) is 19.2. The first kappa shape index (κ1) is 26.4. The number of fused-ring (bicyclic) bond motifs is 1. The Morgan fingerprint density at radius 3 is 2.45 bits per heavy atom. The summed E-state index contributed by atoms with van der Waals surface area (Å²) in [4.78, 5) is 10.1. The molecule has 204 valence electrons. The summed E-state index contributed by atoms with van der Waals surface area (Å²) in [5.74, 6) is 0.867. The van der Waals surface area contributed by atoms with Gasteiger partial charge >= 0.3 is 0 Å². The quantitative estimate of drug-likeness (QED) is 0.250. The molecule has 5 heteroatoms. The summed E-state index contributed by atoms with van der Waals surface area (Å²) in [6.07, 6.45) is 2.23. The van der Waals surface area contributed by atoms with Crippen LogP contribution in [-0.4, -0.2) is 33.9 Å². The summed E-state index contributed by atoms with van der Waals surface area (Å²) >= 11 is 0. The van der Waals surface area contributed by atoms with Crippen molar-refractivity contribution in [3.05, 3.63) is 88.6 Å². The molecule has 1 atom stereocenters. The predicted octanol–water partition coefficient (Wildman–Crippen LogP) is 7.83. The van der Waals surface area contributed by atoms with Crippen molar-refractivity contribution >= 4 is 21.8 Å². The van der Waals surface area contributed by atoms with Crippen molar-refractivity contribution in [1.29, 1.82) is 0 Å². The largest absolute Gasteiger partial charge is 0.493 e. The van der Waals surface area contributed by atoms with Crippen molar-refractivity contribution in [3.8, 4) is 28.1 Å². The van der Waals surface area contributed by atoms with E-state index >= 15 is 0 Å². The average Bonchev–Trinajstić information content (AvgIpc) is 2.91. The molecule has 0 saturated heterocycles. The minimum absolute atomic E-state index is 0.137. The van der Waals surface area contributed by atoms with Gasteiger partial charge in [-0.2, -0.15) is 0 Å². The van der Waals surface area contributed by atoms with E-state index in [9.17, 15) is 5.11 Å². The first-order valence-electron chi connectivity index (χ1n) is 14.0.